The van der Waals surface area contributed by atoms with Gasteiger partial charge in [-0.05, 0) is 36.8 Å². The number of halogens is 3. The molecule has 0 bridgehead atoms. The van der Waals surface area contributed by atoms with Gasteiger partial charge in [-0.25, -0.2) is 4.90 Å². The standard InChI is InChI=1S/C17H11Cl3N2O2/c1-9-4-2-3-5-13(9)22-16(23)14(20)15(17(22)24)21-12-7-10(18)6-11(19)8-12/h2-8,21H,1H3. The average Bonchev–Trinajstić information content (AvgIpc) is 2.71. The number of hydrogen-bond donors (Lipinski definition) is 1. The summed E-state index contributed by atoms with van der Waals surface area (Å²) in [4.78, 5) is 26.2. The second kappa shape index (κ2) is 6.48. The van der Waals surface area contributed by atoms with Gasteiger partial charge >= 0.3 is 0 Å². The molecule has 0 saturated carbocycles. The molecule has 0 unspecified atom stereocenters. The third-order valence-electron chi connectivity index (χ3n) is 3.52. The van der Waals surface area contributed by atoms with Crippen molar-refractivity contribution in [1.29, 1.82) is 0 Å². The van der Waals surface area contributed by atoms with Crippen molar-refractivity contribution < 1.29 is 9.59 Å². The van der Waals surface area contributed by atoms with E-state index in [0.717, 1.165) is 10.5 Å². The Balaban J connectivity index is 1.96. The summed E-state index contributed by atoms with van der Waals surface area (Å²) in [6.45, 7) is 1.81. The number of imide groups is 1. The number of anilines is 2. The molecule has 0 spiro atoms. The van der Waals surface area contributed by atoms with E-state index in [0.29, 0.717) is 21.4 Å². The van der Waals surface area contributed by atoms with Crippen molar-refractivity contribution in [2.45, 2.75) is 6.92 Å². The number of carbonyl (C=O) groups excluding carboxylic acids is 2. The smallest absolute Gasteiger partial charge is 0.283 e. The van der Waals surface area contributed by atoms with Crippen molar-refractivity contribution in [2.24, 2.45) is 0 Å². The van der Waals surface area contributed by atoms with Crippen molar-refractivity contribution in [3.05, 3.63) is 68.8 Å². The van der Waals surface area contributed by atoms with Gasteiger partial charge in [0.15, 0.2) is 0 Å². The monoisotopic (exact) mass is 380 g/mol. The van der Waals surface area contributed by atoms with E-state index in [2.05, 4.69) is 5.32 Å². The summed E-state index contributed by atoms with van der Waals surface area (Å²) in [6, 6.07) is 11.8. The lowest BCUT2D eigenvalue weighted by Crippen LogP contribution is -2.32. The molecule has 2 amide bonds. The summed E-state index contributed by atoms with van der Waals surface area (Å²) in [5, 5.41) is 3.45. The Labute approximate surface area is 153 Å². The van der Waals surface area contributed by atoms with Gasteiger partial charge in [0.25, 0.3) is 11.8 Å². The molecule has 3 rings (SSSR count). The molecule has 2 aromatic carbocycles. The molecule has 0 atom stereocenters. The highest BCUT2D eigenvalue weighted by Crippen LogP contribution is 2.32. The Kier molecular flexibility index (Phi) is 4.54. The second-order valence-electron chi connectivity index (χ2n) is 5.20. The number of amides is 2. The normalized spacial score (nSPS) is 14.6. The molecular weight excluding hydrogens is 371 g/mol. The van der Waals surface area contributed by atoms with Gasteiger partial charge < -0.3 is 5.32 Å². The molecule has 0 radical (unpaired) electrons. The van der Waals surface area contributed by atoms with Gasteiger partial charge in [0.05, 0.1) is 5.69 Å². The average molecular weight is 382 g/mol. The van der Waals surface area contributed by atoms with Gasteiger partial charge in [0.1, 0.15) is 10.7 Å². The molecule has 1 heterocycles. The molecule has 0 saturated heterocycles. The van der Waals surface area contributed by atoms with Crippen molar-refractivity contribution in [3.8, 4) is 0 Å². The number of nitrogens with zero attached hydrogens (tertiary/aromatic N) is 1. The number of para-hydroxylation sites is 1. The molecule has 122 valence electrons. The Morgan fingerprint density at radius 2 is 1.54 bits per heavy atom. The molecule has 0 aromatic heterocycles. The highest BCUT2D eigenvalue weighted by molar-refractivity contribution is 6.53. The number of aryl methyl sites for hydroxylation is 1. The summed E-state index contributed by atoms with van der Waals surface area (Å²) >= 11 is 18.0. The second-order valence-corrected chi connectivity index (χ2v) is 6.46. The van der Waals surface area contributed by atoms with Crippen LogP contribution in [-0.2, 0) is 9.59 Å². The lowest BCUT2D eigenvalue weighted by atomic mass is 10.2. The fraction of sp³-hybridized carbons (Fsp3) is 0.0588. The van der Waals surface area contributed by atoms with Crippen LogP contribution in [0.3, 0.4) is 0 Å². The molecule has 0 aliphatic carbocycles. The van der Waals surface area contributed by atoms with Crippen LogP contribution in [0.4, 0.5) is 11.4 Å². The molecule has 7 heteroatoms. The van der Waals surface area contributed by atoms with E-state index in [9.17, 15) is 9.59 Å². The third kappa shape index (κ3) is 3.00. The van der Waals surface area contributed by atoms with E-state index in [4.69, 9.17) is 34.8 Å². The van der Waals surface area contributed by atoms with Crippen LogP contribution in [0.2, 0.25) is 10.0 Å². The highest BCUT2D eigenvalue weighted by atomic mass is 35.5. The van der Waals surface area contributed by atoms with Gasteiger partial charge in [0, 0.05) is 15.7 Å². The summed E-state index contributed by atoms with van der Waals surface area (Å²) in [6.07, 6.45) is 0. The molecule has 1 N–H and O–H groups in total. The molecule has 1 aliphatic heterocycles. The van der Waals surface area contributed by atoms with Crippen molar-refractivity contribution in [3.63, 3.8) is 0 Å². The summed E-state index contributed by atoms with van der Waals surface area (Å²) < 4.78 is 0. The third-order valence-corrected chi connectivity index (χ3v) is 4.30. The molecular formula is C17H11Cl3N2O2. The van der Waals surface area contributed by atoms with E-state index < -0.39 is 11.8 Å². The Hall–Kier alpha value is -2.01. The van der Waals surface area contributed by atoms with Crippen molar-refractivity contribution >= 4 is 58.0 Å². The van der Waals surface area contributed by atoms with Crippen LogP contribution in [0.1, 0.15) is 5.56 Å². The van der Waals surface area contributed by atoms with E-state index in [1.165, 1.54) is 0 Å². The summed E-state index contributed by atoms with van der Waals surface area (Å²) in [5.41, 5.74) is 1.74. The number of carbonyl (C=O) groups is 2. The zero-order valence-electron chi connectivity index (χ0n) is 12.4. The number of nitrogens with one attached hydrogen (secondary N) is 1. The molecule has 4 nitrogen and oxygen atoms in total. The maximum atomic E-state index is 12.7. The predicted octanol–water partition coefficient (Wildman–Crippen LogP) is 4.74. The fourth-order valence-electron chi connectivity index (χ4n) is 2.41. The molecule has 2 aromatic rings. The van der Waals surface area contributed by atoms with E-state index in [1.807, 2.05) is 19.1 Å². The van der Waals surface area contributed by atoms with Crippen LogP contribution < -0.4 is 10.2 Å². The first kappa shape index (κ1) is 16.8. The minimum atomic E-state index is -0.577. The summed E-state index contributed by atoms with van der Waals surface area (Å²) in [7, 11) is 0. The zero-order chi connectivity index (χ0) is 17.4. The Morgan fingerprint density at radius 1 is 0.917 bits per heavy atom. The van der Waals surface area contributed by atoms with Gasteiger partial charge in [-0.15, -0.1) is 0 Å². The number of hydrogen-bond acceptors (Lipinski definition) is 3. The topological polar surface area (TPSA) is 49.4 Å². The van der Waals surface area contributed by atoms with E-state index >= 15 is 0 Å². The molecule has 24 heavy (non-hydrogen) atoms. The van der Waals surface area contributed by atoms with Crippen molar-refractivity contribution in [2.75, 3.05) is 10.2 Å². The van der Waals surface area contributed by atoms with Crippen LogP contribution >= 0.6 is 34.8 Å². The van der Waals surface area contributed by atoms with Gasteiger partial charge in [0.2, 0.25) is 0 Å². The molecule has 0 fully saturated rings. The lowest BCUT2D eigenvalue weighted by molar-refractivity contribution is -0.120. The minimum Gasteiger partial charge on any atom is -0.350 e. The Bertz CT molecular complexity index is 873. The van der Waals surface area contributed by atoms with Crippen LogP contribution in [0.15, 0.2) is 53.2 Å². The van der Waals surface area contributed by atoms with Crippen LogP contribution in [0.5, 0.6) is 0 Å². The molecule has 1 aliphatic rings. The van der Waals surface area contributed by atoms with Gasteiger partial charge in [-0.3, -0.25) is 9.59 Å². The minimum absolute atomic E-state index is 0.0109. The first-order valence-electron chi connectivity index (χ1n) is 6.96. The van der Waals surface area contributed by atoms with Crippen LogP contribution in [-0.4, -0.2) is 11.8 Å². The quantitative estimate of drug-likeness (QED) is 0.781. The first-order chi connectivity index (χ1) is 11.4. The van der Waals surface area contributed by atoms with Crippen LogP contribution in [0.25, 0.3) is 0 Å². The maximum Gasteiger partial charge on any atom is 0.283 e. The van der Waals surface area contributed by atoms with E-state index in [-0.39, 0.29) is 10.7 Å². The van der Waals surface area contributed by atoms with E-state index in [1.54, 1.807) is 30.3 Å². The SMILES string of the molecule is Cc1ccccc1N1C(=O)C(Cl)=C(Nc2cc(Cl)cc(Cl)c2)C1=O. The highest BCUT2D eigenvalue weighted by Gasteiger charge is 2.39. The number of rotatable bonds is 3. The van der Waals surface area contributed by atoms with Gasteiger partial charge in [-0.1, -0.05) is 53.0 Å². The maximum absolute atomic E-state index is 12.7. The van der Waals surface area contributed by atoms with Crippen LogP contribution in [0, 0.1) is 6.92 Å². The lowest BCUT2D eigenvalue weighted by Gasteiger charge is -2.17. The first-order valence-corrected chi connectivity index (χ1v) is 8.09. The summed E-state index contributed by atoms with van der Waals surface area (Å²) in [5.74, 6) is -1.11. The van der Waals surface area contributed by atoms with Crippen molar-refractivity contribution in [1.82, 2.24) is 0 Å². The fourth-order valence-corrected chi connectivity index (χ4v) is 3.15. The Morgan fingerprint density at radius 3 is 2.17 bits per heavy atom. The zero-order valence-corrected chi connectivity index (χ0v) is 14.7. The largest absolute Gasteiger partial charge is 0.350 e. The van der Waals surface area contributed by atoms with Gasteiger partial charge in [-0.2, -0.15) is 0 Å². The number of benzene rings is 2. The predicted molar refractivity (Wildman–Crippen MR) is 96.6 cm³/mol.